The average Bonchev–Trinajstić information content (AvgIpc) is 2.86. The number of ether oxygens (including phenoxy) is 1. The zero-order chi connectivity index (χ0) is 15.2. The van der Waals surface area contributed by atoms with Crippen LogP contribution in [0.5, 0.6) is 0 Å². The maximum atomic E-state index is 12.0. The number of carbonyl (C=O) groups is 2. The number of carbonyl (C=O) groups excluding carboxylic acids is 2. The van der Waals surface area contributed by atoms with Gasteiger partial charge in [0.2, 0.25) is 0 Å². The Bertz CT molecular complexity index is 651. The van der Waals surface area contributed by atoms with Crippen molar-refractivity contribution in [2.75, 3.05) is 18.9 Å². The lowest BCUT2D eigenvalue weighted by Gasteiger charge is -2.03. The molecule has 0 radical (unpaired) electrons. The molecule has 21 heavy (non-hydrogen) atoms. The summed E-state index contributed by atoms with van der Waals surface area (Å²) in [5.41, 5.74) is 6.40. The zero-order valence-electron chi connectivity index (χ0n) is 11.8. The summed E-state index contributed by atoms with van der Waals surface area (Å²) in [6, 6.07) is 7.41. The molecule has 0 atom stereocenters. The maximum Gasteiger partial charge on any atom is 0.305 e. The number of nitrogens with one attached hydrogen (secondary N) is 1. The van der Waals surface area contributed by atoms with Crippen LogP contribution in [-0.2, 0) is 9.53 Å². The van der Waals surface area contributed by atoms with Gasteiger partial charge in [-0.25, -0.2) is 0 Å². The van der Waals surface area contributed by atoms with Crippen molar-refractivity contribution in [3.63, 3.8) is 0 Å². The molecule has 0 saturated carbocycles. The first-order valence-corrected chi connectivity index (χ1v) is 7.64. The Morgan fingerprint density at radius 3 is 2.90 bits per heavy atom. The molecule has 0 spiro atoms. The van der Waals surface area contributed by atoms with Gasteiger partial charge in [-0.2, -0.15) is 0 Å². The number of nitrogen functional groups attached to an aromatic ring is 1. The first kappa shape index (κ1) is 15.3. The van der Waals surface area contributed by atoms with Crippen LogP contribution < -0.4 is 11.1 Å². The number of hydrogen-bond donors (Lipinski definition) is 2. The SMILES string of the molecule is CCOC(=O)CCCNC(=O)c1cc2cc(N)ccc2s1. The Balaban J connectivity index is 1.86. The third-order valence-corrected chi connectivity index (χ3v) is 4.03. The number of rotatable bonds is 6. The monoisotopic (exact) mass is 306 g/mol. The minimum absolute atomic E-state index is 0.126. The van der Waals surface area contributed by atoms with Gasteiger partial charge >= 0.3 is 5.97 Å². The van der Waals surface area contributed by atoms with Gasteiger partial charge in [-0.05, 0) is 43.0 Å². The fraction of sp³-hybridized carbons (Fsp3) is 0.333. The van der Waals surface area contributed by atoms with E-state index in [4.69, 9.17) is 10.5 Å². The standard InChI is InChI=1S/C15H18N2O3S/c1-2-20-14(18)4-3-7-17-15(19)13-9-10-8-11(16)5-6-12(10)21-13/h5-6,8-9H,2-4,7,16H2,1H3,(H,17,19). The summed E-state index contributed by atoms with van der Waals surface area (Å²) >= 11 is 1.43. The molecule has 0 aliphatic rings. The smallest absolute Gasteiger partial charge is 0.305 e. The van der Waals surface area contributed by atoms with Gasteiger partial charge in [-0.15, -0.1) is 11.3 Å². The lowest BCUT2D eigenvalue weighted by Crippen LogP contribution is -2.24. The lowest BCUT2D eigenvalue weighted by atomic mass is 10.2. The van der Waals surface area contributed by atoms with E-state index in [0.717, 1.165) is 10.1 Å². The molecule has 0 bridgehead atoms. The zero-order valence-corrected chi connectivity index (χ0v) is 12.7. The second kappa shape index (κ2) is 7.08. The number of nitrogens with two attached hydrogens (primary N) is 1. The second-order valence-corrected chi connectivity index (χ2v) is 5.66. The Hall–Kier alpha value is -2.08. The van der Waals surface area contributed by atoms with Gasteiger partial charge in [-0.3, -0.25) is 9.59 Å². The van der Waals surface area contributed by atoms with Crippen LogP contribution in [0.4, 0.5) is 5.69 Å². The summed E-state index contributed by atoms with van der Waals surface area (Å²) in [6.45, 7) is 2.61. The number of anilines is 1. The van der Waals surface area contributed by atoms with Crippen LogP contribution in [0.2, 0.25) is 0 Å². The van der Waals surface area contributed by atoms with E-state index in [-0.39, 0.29) is 11.9 Å². The lowest BCUT2D eigenvalue weighted by molar-refractivity contribution is -0.143. The molecule has 1 heterocycles. The van der Waals surface area contributed by atoms with Gasteiger partial charge in [0.25, 0.3) is 5.91 Å². The molecule has 112 valence electrons. The predicted molar refractivity (Wildman–Crippen MR) is 84.4 cm³/mol. The Morgan fingerprint density at radius 1 is 1.33 bits per heavy atom. The van der Waals surface area contributed by atoms with Crippen LogP contribution in [0.3, 0.4) is 0 Å². The molecule has 0 unspecified atom stereocenters. The Kier molecular flexibility index (Phi) is 5.16. The summed E-state index contributed by atoms with van der Waals surface area (Å²) in [5.74, 6) is -0.359. The van der Waals surface area contributed by atoms with E-state index in [0.29, 0.717) is 36.6 Å². The van der Waals surface area contributed by atoms with Crippen LogP contribution in [-0.4, -0.2) is 25.0 Å². The van der Waals surface area contributed by atoms with Gasteiger partial charge in [0, 0.05) is 23.4 Å². The van der Waals surface area contributed by atoms with Crippen LogP contribution >= 0.6 is 11.3 Å². The molecule has 0 aliphatic carbocycles. The second-order valence-electron chi connectivity index (χ2n) is 4.57. The Morgan fingerprint density at radius 2 is 2.14 bits per heavy atom. The summed E-state index contributed by atoms with van der Waals surface area (Å²) < 4.78 is 5.85. The number of thiophene rings is 1. The Labute approximate surface area is 127 Å². The van der Waals surface area contributed by atoms with Crippen molar-refractivity contribution in [3.8, 4) is 0 Å². The van der Waals surface area contributed by atoms with Crippen molar-refractivity contribution in [2.45, 2.75) is 19.8 Å². The molecule has 6 heteroatoms. The van der Waals surface area contributed by atoms with Gasteiger partial charge < -0.3 is 15.8 Å². The third kappa shape index (κ3) is 4.19. The molecule has 0 fully saturated rings. The highest BCUT2D eigenvalue weighted by molar-refractivity contribution is 7.20. The highest BCUT2D eigenvalue weighted by atomic mass is 32.1. The van der Waals surface area contributed by atoms with E-state index in [9.17, 15) is 9.59 Å². The summed E-state index contributed by atoms with van der Waals surface area (Å²) in [4.78, 5) is 23.8. The van der Waals surface area contributed by atoms with Crippen molar-refractivity contribution in [1.82, 2.24) is 5.32 Å². The largest absolute Gasteiger partial charge is 0.466 e. The fourth-order valence-electron chi connectivity index (χ4n) is 1.93. The average molecular weight is 306 g/mol. The molecule has 5 nitrogen and oxygen atoms in total. The van der Waals surface area contributed by atoms with Crippen LogP contribution in [0.1, 0.15) is 29.4 Å². The molecule has 2 aromatic rings. The molecule has 1 aromatic heterocycles. The van der Waals surface area contributed by atoms with E-state index in [2.05, 4.69) is 5.32 Å². The normalized spacial score (nSPS) is 10.5. The number of benzene rings is 1. The topological polar surface area (TPSA) is 81.4 Å². The number of fused-ring (bicyclic) bond motifs is 1. The maximum absolute atomic E-state index is 12.0. The van der Waals surface area contributed by atoms with Gasteiger partial charge in [0.15, 0.2) is 0 Å². The van der Waals surface area contributed by atoms with Crippen molar-refractivity contribution >= 4 is 39.0 Å². The molecule has 2 rings (SSSR count). The van der Waals surface area contributed by atoms with E-state index >= 15 is 0 Å². The quantitative estimate of drug-likeness (QED) is 0.488. The minimum Gasteiger partial charge on any atom is -0.466 e. The van der Waals surface area contributed by atoms with E-state index < -0.39 is 0 Å². The molecule has 3 N–H and O–H groups in total. The van der Waals surface area contributed by atoms with Crippen LogP contribution in [0.15, 0.2) is 24.3 Å². The molecule has 1 aromatic carbocycles. The predicted octanol–water partition coefficient (Wildman–Crippen LogP) is 2.56. The van der Waals surface area contributed by atoms with E-state index in [1.807, 2.05) is 24.3 Å². The number of hydrogen-bond acceptors (Lipinski definition) is 5. The molecular weight excluding hydrogens is 288 g/mol. The number of esters is 1. The molecule has 0 saturated heterocycles. The summed E-state index contributed by atoms with van der Waals surface area (Å²) in [7, 11) is 0. The van der Waals surface area contributed by atoms with Crippen LogP contribution in [0, 0.1) is 0 Å². The molecule has 0 aliphatic heterocycles. The summed E-state index contributed by atoms with van der Waals surface area (Å²) in [6.07, 6.45) is 0.888. The number of amides is 1. The highest BCUT2D eigenvalue weighted by Crippen LogP contribution is 2.27. The van der Waals surface area contributed by atoms with Crippen molar-refractivity contribution in [1.29, 1.82) is 0 Å². The fourth-order valence-corrected chi connectivity index (χ4v) is 2.89. The van der Waals surface area contributed by atoms with E-state index in [1.165, 1.54) is 11.3 Å². The van der Waals surface area contributed by atoms with Crippen LogP contribution in [0.25, 0.3) is 10.1 Å². The first-order chi connectivity index (χ1) is 10.1. The van der Waals surface area contributed by atoms with Crippen molar-refractivity contribution < 1.29 is 14.3 Å². The minimum atomic E-state index is -0.232. The van der Waals surface area contributed by atoms with E-state index in [1.54, 1.807) is 6.92 Å². The van der Waals surface area contributed by atoms with Gasteiger partial charge in [0.1, 0.15) is 0 Å². The molecule has 1 amide bonds. The first-order valence-electron chi connectivity index (χ1n) is 6.83. The molecular formula is C15H18N2O3S. The summed E-state index contributed by atoms with van der Waals surface area (Å²) in [5, 5.41) is 3.77. The highest BCUT2D eigenvalue weighted by Gasteiger charge is 2.10. The van der Waals surface area contributed by atoms with Crippen molar-refractivity contribution in [3.05, 3.63) is 29.1 Å². The van der Waals surface area contributed by atoms with Gasteiger partial charge in [-0.1, -0.05) is 0 Å². The van der Waals surface area contributed by atoms with Crippen molar-refractivity contribution in [2.24, 2.45) is 0 Å². The van der Waals surface area contributed by atoms with Gasteiger partial charge in [0.05, 0.1) is 11.5 Å². The third-order valence-electron chi connectivity index (χ3n) is 2.91.